The molecule has 0 saturated carbocycles. The van der Waals surface area contributed by atoms with Gasteiger partial charge < -0.3 is 19.5 Å². The largest absolute Gasteiger partial charge is 0.465 e. The van der Waals surface area contributed by atoms with Crippen molar-refractivity contribution in [2.75, 3.05) is 44.2 Å². The highest BCUT2D eigenvalue weighted by Crippen LogP contribution is 2.27. The molecule has 1 N–H and O–H groups in total. The first kappa shape index (κ1) is 20.4. The number of aryl methyl sites for hydroxylation is 3. The average molecular weight is 412 g/mol. The third kappa shape index (κ3) is 3.79. The number of anilines is 1. The van der Waals surface area contributed by atoms with E-state index in [0.29, 0.717) is 13.1 Å². The van der Waals surface area contributed by atoms with Gasteiger partial charge in [0.1, 0.15) is 5.82 Å². The van der Waals surface area contributed by atoms with Crippen LogP contribution in [0.4, 0.5) is 10.6 Å². The van der Waals surface area contributed by atoms with Gasteiger partial charge in [-0.25, -0.2) is 9.78 Å². The zero-order chi connectivity index (χ0) is 21.4. The fraction of sp³-hybridized carbons (Fsp3) is 0.500. The molecule has 2 saturated heterocycles. The van der Waals surface area contributed by atoms with Gasteiger partial charge in [-0.3, -0.25) is 9.69 Å². The molecule has 2 fully saturated rings. The summed E-state index contributed by atoms with van der Waals surface area (Å²) in [4.78, 5) is 34.5. The molecule has 2 aliphatic rings. The Morgan fingerprint density at radius 3 is 2.67 bits per heavy atom. The second-order valence-corrected chi connectivity index (χ2v) is 8.21. The molecule has 160 valence electrons. The number of carbonyl (C=O) groups is 1. The predicted molar refractivity (Wildman–Crippen MR) is 116 cm³/mol. The summed E-state index contributed by atoms with van der Waals surface area (Å²) in [7, 11) is 1.77. The Labute approximate surface area is 176 Å². The van der Waals surface area contributed by atoms with E-state index in [1.165, 1.54) is 4.90 Å². The number of carboxylic acid groups (broad SMARTS) is 1. The molecule has 2 aromatic rings. The van der Waals surface area contributed by atoms with Gasteiger partial charge >= 0.3 is 6.09 Å². The molecule has 0 spiro atoms. The fourth-order valence-electron chi connectivity index (χ4n) is 4.56. The van der Waals surface area contributed by atoms with E-state index in [9.17, 15) is 14.7 Å². The Morgan fingerprint density at radius 1 is 1.20 bits per heavy atom. The topological polar surface area (TPSA) is 81.9 Å². The van der Waals surface area contributed by atoms with Crippen LogP contribution in [0.15, 0.2) is 29.2 Å². The minimum Gasteiger partial charge on any atom is -0.465 e. The standard InChI is InChI=1S/C22H29N5O3/c1-4-19-18(16-11-15(2)21(28)24(3)12-16)5-6-20(23-19)26-9-7-25-8-10-27(22(29)30)14-17(25)13-26/h5-6,11-12,17H,4,7-10,13-14H2,1-3H3,(H,29,30). The Kier molecular flexibility index (Phi) is 5.51. The summed E-state index contributed by atoms with van der Waals surface area (Å²) in [6, 6.07) is 6.26. The van der Waals surface area contributed by atoms with E-state index in [2.05, 4.69) is 22.8 Å². The summed E-state index contributed by atoms with van der Waals surface area (Å²) >= 11 is 0. The highest BCUT2D eigenvalue weighted by Gasteiger charge is 2.34. The van der Waals surface area contributed by atoms with Gasteiger partial charge in [-0.1, -0.05) is 6.92 Å². The van der Waals surface area contributed by atoms with Crippen molar-refractivity contribution in [1.29, 1.82) is 0 Å². The summed E-state index contributed by atoms with van der Waals surface area (Å²) in [6.45, 7) is 8.43. The molecule has 0 aromatic carbocycles. The zero-order valence-electron chi connectivity index (χ0n) is 17.8. The number of amides is 1. The monoisotopic (exact) mass is 411 g/mol. The molecule has 8 nitrogen and oxygen atoms in total. The second kappa shape index (κ2) is 8.10. The van der Waals surface area contributed by atoms with Crippen molar-refractivity contribution >= 4 is 11.9 Å². The van der Waals surface area contributed by atoms with Crippen LogP contribution in [0.1, 0.15) is 18.2 Å². The molecule has 1 atom stereocenters. The van der Waals surface area contributed by atoms with E-state index >= 15 is 0 Å². The Hall–Kier alpha value is -2.87. The van der Waals surface area contributed by atoms with E-state index in [1.54, 1.807) is 11.6 Å². The molecule has 2 aliphatic heterocycles. The van der Waals surface area contributed by atoms with Gasteiger partial charge in [-0.05, 0) is 31.5 Å². The van der Waals surface area contributed by atoms with Crippen LogP contribution in [0.3, 0.4) is 0 Å². The summed E-state index contributed by atoms with van der Waals surface area (Å²) < 4.78 is 1.62. The average Bonchev–Trinajstić information content (AvgIpc) is 2.75. The Bertz CT molecular complexity index is 992. The van der Waals surface area contributed by atoms with Crippen LogP contribution >= 0.6 is 0 Å². The normalized spacial score (nSPS) is 19.6. The number of nitrogens with zero attached hydrogens (tertiary/aromatic N) is 5. The maximum absolute atomic E-state index is 12.0. The number of fused-ring (bicyclic) bond motifs is 1. The van der Waals surface area contributed by atoms with E-state index in [1.807, 2.05) is 25.3 Å². The van der Waals surface area contributed by atoms with Gasteiger partial charge in [0.2, 0.25) is 0 Å². The molecule has 30 heavy (non-hydrogen) atoms. The first-order valence-corrected chi connectivity index (χ1v) is 10.5. The number of pyridine rings is 2. The summed E-state index contributed by atoms with van der Waals surface area (Å²) in [5, 5.41) is 9.33. The molecule has 0 aliphatic carbocycles. The van der Waals surface area contributed by atoms with Crippen LogP contribution in [-0.4, -0.2) is 75.9 Å². The SMILES string of the molecule is CCc1nc(N2CCN3CCN(C(=O)O)CC3C2)ccc1-c1cc(C)c(=O)n(C)c1. The molecular formula is C22H29N5O3. The first-order valence-electron chi connectivity index (χ1n) is 10.5. The zero-order valence-corrected chi connectivity index (χ0v) is 17.8. The highest BCUT2D eigenvalue weighted by atomic mass is 16.4. The lowest BCUT2D eigenvalue weighted by atomic mass is 10.0. The summed E-state index contributed by atoms with van der Waals surface area (Å²) in [6.07, 6.45) is 1.82. The number of piperazine rings is 2. The van der Waals surface area contributed by atoms with Crippen molar-refractivity contribution in [2.24, 2.45) is 7.05 Å². The molecule has 4 heterocycles. The third-order valence-corrected chi connectivity index (χ3v) is 6.26. The third-order valence-electron chi connectivity index (χ3n) is 6.26. The number of hydrogen-bond acceptors (Lipinski definition) is 5. The van der Waals surface area contributed by atoms with Crippen molar-refractivity contribution in [3.05, 3.63) is 46.0 Å². The number of rotatable bonds is 3. The van der Waals surface area contributed by atoms with Gasteiger partial charge in [-0.2, -0.15) is 0 Å². The molecular weight excluding hydrogens is 382 g/mol. The molecule has 1 unspecified atom stereocenters. The van der Waals surface area contributed by atoms with Gasteiger partial charge in [0.05, 0.1) is 5.69 Å². The number of hydrogen-bond donors (Lipinski definition) is 1. The van der Waals surface area contributed by atoms with E-state index in [-0.39, 0.29) is 11.6 Å². The van der Waals surface area contributed by atoms with Crippen molar-refractivity contribution in [3.63, 3.8) is 0 Å². The van der Waals surface area contributed by atoms with Crippen LogP contribution in [0.2, 0.25) is 0 Å². The minimum atomic E-state index is -0.838. The summed E-state index contributed by atoms with van der Waals surface area (Å²) in [5.41, 5.74) is 3.79. The Morgan fingerprint density at radius 2 is 1.97 bits per heavy atom. The lowest BCUT2D eigenvalue weighted by molar-refractivity contribution is 0.0624. The van der Waals surface area contributed by atoms with Crippen molar-refractivity contribution < 1.29 is 9.90 Å². The number of aromatic nitrogens is 2. The van der Waals surface area contributed by atoms with Crippen LogP contribution in [-0.2, 0) is 13.5 Å². The Balaban J connectivity index is 1.59. The van der Waals surface area contributed by atoms with Gasteiger partial charge in [0.25, 0.3) is 5.56 Å². The van der Waals surface area contributed by atoms with Crippen LogP contribution in [0, 0.1) is 6.92 Å². The summed E-state index contributed by atoms with van der Waals surface area (Å²) in [5.74, 6) is 0.934. The van der Waals surface area contributed by atoms with E-state index in [4.69, 9.17) is 4.98 Å². The maximum atomic E-state index is 12.0. The second-order valence-electron chi connectivity index (χ2n) is 8.21. The highest BCUT2D eigenvalue weighted by molar-refractivity contribution is 5.68. The fourth-order valence-corrected chi connectivity index (χ4v) is 4.56. The van der Waals surface area contributed by atoms with Crippen LogP contribution in [0.5, 0.6) is 0 Å². The smallest absolute Gasteiger partial charge is 0.407 e. The van der Waals surface area contributed by atoms with Crippen LogP contribution < -0.4 is 10.5 Å². The lowest BCUT2D eigenvalue weighted by Crippen LogP contribution is -2.62. The molecule has 1 amide bonds. The minimum absolute atomic E-state index is 0.0159. The molecule has 0 radical (unpaired) electrons. The molecule has 4 rings (SSSR count). The first-order chi connectivity index (χ1) is 14.4. The van der Waals surface area contributed by atoms with Crippen molar-refractivity contribution in [2.45, 2.75) is 26.3 Å². The van der Waals surface area contributed by atoms with Crippen molar-refractivity contribution in [3.8, 4) is 11.1 Å². The molecule has 8 heteroatoms. The lowest BCUT2D eigenvalue weighted by Gasteiger charge is -2.47. The molecule has 2 aromatic heterocycles. The van der Waals surface area contributed by atoms with E-state index in [0.717, 1.165) is 60.8 Å². The van der Waals surface area contributed by atoms with Crippen LogP contribution in [0.25, 0.3) is 11.1 Å². The van der Waals surface area contributed by atoms with Gasteiger partial charge in [-0.15, -0.1) is 0 Å². The predicted octanol–water partition coefficient (Wildman–Crippen LogP) is 1.80. The van der Waals surface area contributed by atoms with E-state index < -0.39 is 6.09 Å². The quantitative estimate of drug-likeness (QED) is 0.830. The maximum Gasteiger partial charge on any atom is 0.407 e. The van der Waals surface area contributed by atoms with Crippen molar-refractivity contribution in [1.82, 2.24) is 19.4 Å². The van der Waals surface area contributed by atoms with Gasteiger partial charge in [0.15, 0.2) is 0 Å². The molecule has 0 bridgehead atoms. The van der Waals surface area contributed by atoms with Gasteiger partial charge in [0, 0.05) is 75.2 Å².